The van der Waals surface area contributed by atoms with E-state index in [2.05, 4.69) is 4.74 Å². The maximum atomic E-state index is 12.1. The van der Waals surface area contributed by atoms with Crippen molar-refractivity contribution in [1.29, 1.82) is 0 Å². The number of methoxy groups -OCH3 is 1. The predicted molar refractivity (Wildman–Crippen MR) is 109 cm³/mol. The summed E-state index contributed by atoms with van der Waals surface area (Å²) in [5.74, 6) is -0.751. The fourth-order valence-corrected chi connectivity index (χ4v) is 4.91. The molecule has 0 fully saturated rings. The van der Waals surface area contributed by atoms with Gasteiger partial charge in [0.25, 0.3) is 17.0 Å². The number of nitrogens with zero attached hydrogens (tertiary/aromatic N) is 2. The Hall–Kier alpha value is -2.53. The Kier molecular flexibility index (Phi) is 5.66. The molecule has 1 heterocycles. The van der Waals surface area contributed by atoms with E-state index in [1.54, 1.807) is 25.1 Å². The first-order chi connectivity index (χ1) is 13.2. The molecule has 8 nitrogen and oxygen atoms in total. The second-order valence-corrected chi connectivity index (χ2v) is 7.94. The quantitative estimate of drug-likeness (QED) is 0.263. The molecule has 0 radical (unpaired) electrons. The predicted octanol–water partition coefficient (Wildman–Crippen LogP) is 4.83. The molecular formula is C17H13ClN2O6S2. The van der Waals surface area contributed by atoms with Crippen LogP contribution in [0.1, 0.15) is 15.9 Å². The minimum atomic E-state index is -2.60. The van der Waals surface area contributed by atoms with Crippen LogP contribution in [-0.4, -0.2) is 26.8 Å². The summed E-state index contributed by atoms with van der Waals surface area (Å²) in [7, 11) is 1.16. The molecule has 28 heavy (non-hydrogen) atoms. The maximum Gasteiger partial charge on any atom is 0.338 e. The van der Waals surface area contributed by atoms with E-state index in [4.69, 9.17) is 11.6 Å². The SMILES string of the molecule is COC(=O)c1ccc(N(c2sc3ccc(Cl)cc3c2C)S(=O)O)c([N+](=O)[O-])c1. The van der Waals surface area contributed by atoms with Gasteiger partial charge in [-0.15, -0.1) is 11.3 Å². The van der Waals surface area contributed by atoms with Gasteiger partial charge in [-0.25, -0.2) is 13.3 Å². The smallest absolute Gasteiger partial charge is 0.338 e. The first-order valence-corrected chi connectivity index (χ1v) is 9.97. The van der Waals surface area contributed by atoms with Crippen molar-refractivity contribution in [2.75, 3.05) is 11.4 Å². The minimum absolute atomic E-state index is 0.0403. The number of nitro groups is 1. The van der Waals surface area contributed by atoms with Gasteiger partial charge in [-0.05, 0) is 48.2 Å². The van der Waals surface area contributed by atoms with Crippen molar-refractivity contribution in [1.82, 2.24) is 0 Å². The summed E-state index contributed by atoms with van der Waals surface area (Å²) in [6.45, 7) is 1.74. The van der Waals surface area contributed by atoms with Gasteiger partial charge < -0.3 is 4.74 Å². The molecular weight excluding hydrogens is 428 g/mol. The first kappa shape index (κ1) is 20.2. The van der Waals surface area contributed by atoms with Gasteiger partial charge in [0.1, 0.15) is 10.7 Å². The highest BCUT2D eigenvalue weighted by atomic mass is 35.5. The molecule has 0 saturated carbocycles. The van der Waals surface area contributed by atoms with Crippen LogP contribution in [0, 0.1) is 17.0 Å². The number of hydrogen-bond acceptors (Lipinski definition) is 6. The lowest BCUT2D eigenvalue weighted by atomic mass is 10.1. The lowest BCUT2D eigenvalue weighted by Crippen LogP contribution is -2.20. The molecule has 146 valence electrons. The average molecular weight is 441 g/mol. The lowest BCUT2D eigenvalue weighted by molar-refractivity contribution is -0.384. The summed E-state index contributed by atoms with van der Waals surface area (Å²) in [4.78, 5) is 22.6. The third-order valence-electron chi connectivity index (χ3n) is 4.03. The lowest BCUT2D eigenvalue weighted by Gasteiger charge is -2.19. The fourth-order valence-electron chi connectivity index (χ4n) is 2.72. The normalized spacial score (nSPS) is 12.0. The first-order valence-electron chi connectivity index (χ1n) is 7.71. The van der Waals surface area contributed by atoms with Crippen molar-refractivity contribution < 1.29 is 23.2 Å². The number of hydrogen-bond donors (Lipinski definition) is 1. The number of fused-ring (bicyclic) bond motifs is 1. The molecule has 0 aliphatic carbocycles. The Morgan fingerprint density at radius 2 is 2.04 bits per heavy atom. The topological polar surface area (TPSA) is 110 Å². The molecule has 0 saturated heterocycles. The van der Waals surface area contributed by atoms with Crippen LogP contribution in [-0.2, 0) is 16.0 Å². The van der Waals surface area contributed by atoms with Crippen LogP contribution >= 0.6 is 22.9 Å². The summed E-state index contributed by atoms with van der Waals surface area (Å²) in [6, 6.07) is 8.74. The van der Waals surface area contributed by atoms with E-state index >= 15 is 0 Å². The Morgan fingerprint density at radius 3 is 2.64 bits per heavy atom. The van der Waals surface area contributed by atoms with E-state index in [0.717, 1.165) is 27.6 Å². The zero-order valence-electron chi connectivity index (χ0n) is 14.5. The molecule has 1 N–H and O–H groups in total. The van der Waals surface area contributed by atoms with E-state index in [0.29, 0.717) is 15.6 Å². The fraction of sp³-hybridized carbons (Fsp3) is 0.118. The van der Waals surface area contributed by atoms with Crippen LogP contribution < -0.4 is 4.31 Å². The van der Waals surface area contributed by atoms with Gasteiger partial charge >= 0.3 is 5.97 Å². The third kappa shape index (κ3) is 3.59. The third-order valence-corrected chi connectivity index (χ3v) is 6.33. The molecule has 1 unspecified atom stereocenters. The van der Waals surface area contributed by atoms with Gasteiger partial charge in [-0.3, -0.25) is 14.7 Å². The molecule has 1 atom stereocenters. The van der Waals surface area contributed by atoms with Gasteiger partial charge in [0, 0.05) is 15.8 Å². The Balaban J connectivity index is 2.24. The molecule has 0 aliphatic rings. The van der Waals surface area contributed by atoms with Crippen LogP contribution in [0.3, 0.4) is 0 Å². The number of ether oxygens (including phenoxy) is 1. The Bertz CT molecular complexity index is 1130. The number of esters is 1. The molecule has 0 spiro atoms. The minimum Gasteiger partial charge on any atom is -0.465 e. The number of carbonyl (C=O) groups is 1. The molecule has 0 amide bonds. The highest BCUT2D eigenvalue weighted by molar-refractivity contribution is 7.81. The van der Waals surface area contributed by atoms with E-state index < -0.39 is 27.8 Å². The number of rotatable bonds is 5. The second-order valence-electron chi connectivity index (χ2n) is 5.65. The number of halogens is 1. The van der Waals surface area contributed by atoms with Crippen molar-refractivity contribution in [3.05, 3.63) is 62.7 Å². The summed E-state index contributed by atoms with van der Waals surface area (Å²) in [5, 5.41) is 13.2. The Morgan fingerprint density at radius 1 is 1.32 bits per heavy atom. The number of carbonyl (C=O) groups excluding carboxylic acids is 1. The summed E-state index contributed by atoms with van der Waals surface area (Å²) in [6.07, 6.45) is 0. The number of aryl methyl sites for hydroxylation is 1. The summed E-state index contributed by atoms with van der Waals surface area (Å²) >= 11 is 4.63. The highest BCUT2D eigenvalue weighted by Gasteiger charge is 2.29. The van der Waals surface area contributed by atoms with Gasteiger partial charge in [-0.2, -0.15) is 0 Å². The number of anilines is 2. The van der Waals surface area contributed by atoms with Crippen LogP contribution in [0.25, 0.3) is 10.1 Å². The zero-order chi connectivity index (χ0) is 20.6. The molecule has 3 aromatic rings. The molecule has 2 aromatic carbocycles. The molecule has 11 heteroatoms. The molecule has 0 aliphatic heterocycles. The number of nitro benzene ring substituents is 1. The van der Waals surface area contributed by atoms with Crippen molar-refractivity contribution in [3.8, 4) is 0 Å². The van der Waals surface area contributed by atoms with E-state index in [9.17, 15) is 23.7 Å². The largest absolute Gasteiger partial charge is 0.465 e. The van der Waals surface area contributed by atoms with Gasteiger partial charge in [0.05, 0.1) is 17.6 Å². The van der Waals surface area contributed by atoms with E-state index in [1.165, 1.54) is 23.5 Å². The zero-order valence-corrected chi connectivity index (χ0v) is 16.9. The molecule has 0 bridgehead atoms. The van der Waals surface area contributed by atoms with Crippen LogP contribution in [0.15, 0.2) is 36.4 Å². The van der Waals surface area contributed by atoms with Gasteiger partial charge in [0.15, 0.2) is 0 Å². The van der Waals surface area contributed by atoms with Crippen LogP contribution in [0.4, 0.5) is 16.4 Å². The van der Waals surface area contributed by atoms with Crippen molar-refractivity contribution in [2.24, 2.45) is 0 Å². The monoisotopic (exact) mass is 440 g/mol. The van der Waals surface area contributed by atoms with Crippen LogP contribution in [0.2, 0.25) is 5.02 Å². The second kappa shape index (κ2) is 7.84. The van der Waals surface area contributed by atoms with Gasteiger partial charge in [-0.1, -0.05) is 11.6 Å². The number of thiophene rings is 1. The van der Waals surface area contributed by atoms with E-state index in [-0.39, 0.29) is 11.3 Å². The van der Waals surface area contributed by atoms with E-state index in [1.807, 2.05) is 0 Å². The maximum absolute atomic E-state index is 12.1. The number of benzene rings is 2. The van der Waals surface area contributed by atoms with Crippen LogP contribution in [0.5, 0.6) is 0 Å². The summed E-state index contributed by atoms with van der Waals surface area (Å²) in [5.41, 5.74) is -0.0165. The Labute approximate surface area is 170 Å². The van der Waals surface area contributed by atoms with Gasteiger partial charge in [0.2, 0.25) is 0 Å². The highest BCUT2D eigenvalue weighted by Crippen LogP contribution is 2.44. The van der Waals surface area contributed by atoms with Crippen molar-refractivity contribution in [3.63, 3.8) is 0 Å². The standard InChI is InChI=1S/C17H13ClN2O6S2/c1-9-12-8-11(18)4-6-15(12)27-16(9)19(28(24)25)13-5-3-10(17(21)26-2)7-14(13)20(22)23/h3-8H,1-2H3,(H,24,25). The average Bonchev–Trinajstić information content (AvgIpc) is 2.97. The van der Waals surface area contributed by atoms with Crippen molar-refractivity contribution >= 4 is 66.6 Å². The molecule has 3 rings (SSSR count). The van der Waals surface area contributed by atoms with Crippen molar-refractivity contribution in [2.45, 2.75) is 6.92 Å². The summed E-state index contributed by atoms with van der Waals surface area (Å²) < 4.78 is 28.4. The molecule has 1 aromatic heterocycles.